The molecule has 1 heterocycles. The maximum atomic E-state index is 13.6. The molecule has 1 N–H and O–H groups in total. The largest absolute Gasteiger partial charge is 0.507 e. The van der Waals surface area contributed by atoms with E-state index in [1.165, 1.54) is 43.4 Å². The number of nitrogens with zero attached hydrogens (tertiary/aromatic N) is 1. The summed E-state index contributed by atoms with van der Waals surface area (Å²) in [6, 6.07) is 20.9. The van der Waals surface area contributed by atoms with Crippen LogP contribution in [0.5, 0.6) is 11.5 Å². The number of halogens is 2. The summed E-state index contributed by atoms with van der Waals surface area (Å²) in [5.74, 6) is -1.94. The number of ketones is 1. The Morgan fingerprint density at radius 2 is 1.63 bits per heavy atom. The van der Waals surface area contributed by atoms with Crippen LogP contribution >= 0.6 is 11.6 Å². The van der Waals surface area contributed by atoms with Crippen molar-refractivity contribution in [3.8, 4) is 11.5 Å². The fourth-order valence-electron chi connectivity index (χ4n) is 4.83. The average molecular weight is 532 g/mol. The maximum Gasteiger partial charge on any atom is 0.295 e. The van der Waals surface area contributed by atoms with Crippen LogP contribution in [0.2, 0.25) is 5.02 Å². The topological polar surface area (TPSA) is 76.1 Å². The van der Waals surface area contributed by atoms with Gasteiger partial charge in [-0.05, 0) is 40.1 Å². The van der Waals surface area contributed by atoms with Gasteiger partial charge in [0.2, 0.25) is 0 Å². The van der Waals surface area contributed by atoms with E-state index in [9.17, 15) is 19.1 Å². The van der Waals surface area contributed by atoms with Gasteiger partial charge in [0.25, 0.3) is 11.7 Å². The lowest BCUT2D eigenvalue weighted by molar-refractivity contribution is -0.140. The Morgan fingerprint density at radius 3 is 2.34 bits per heavy atom. The van der Waals surface area contributed by atoms with Gasteiger partial charge in [-0.25, -0.2) is 4.39 Å². The molecule has 0 aromatic heterocycles. The highest BCUT2D eigenvalue weighted by Crippen LogP contribution is 2.45. The number of benzene rings is 4. The number of carbonyl (C=O) groups is 2. The van der Waals surface area contributed by atoms with Gasteiger partial charge in [-0.3, -0.25) is 9.59 Å². The number of fused-ring (bicyclic) bond motifs is 1. The molecule has 1 atom stereocenters. The van der Waals surface area contributed by atoms with Gasteiger partial charge in [0.1, 0.15) is 23.1 Å². The summed E-state index contributed by atoms with van der Waals surface area (Å²) in [4.78, 5) is 28.4. The summed E-state index contributed by atoms with van der Waals surface area (Å²) in [6.07, 6.45) is 0. The molecular weight excluding hydrogens is 509 g/mol. The van der Waals surface area contributed by atoms with E-state index in [0.717, 1.165) is 10.8 Å². The molecule has 38 heavy (non-hydrogen) atoms. The first-order chi connectivity index (χ1) is 18.3. The molecule has 0 bridgehead atoms. The second kappa shape index (κ2) is 10.2. The third kappa shape index (κ3) is 4.35. The molecule has 1 aliphatic heterocycles. The third-order valence-corrected chi connectivity index (χ3v) is 6.95. The fourth-order valence-corrected chi connectivity index (χ4v) is 5.07. The van der Waals surface area contributed by atoms with Crippen LogP contribution < -0.4 is 9.47 Å². The highest BCUT2D eigenvalue weighted by atomic mass is 35.5. The number of carbonyl (C=O) groups excluding carboxylic acids is 2. The van der Waals surface area contributed by atoms with E-state index in [2.05, 4.69) is 0 Å². The van der Waals surface area contributed by atoms with E-state index in [0.29, 0.717) is 16.9 Å². The Balaban J connectivity index is 1.76. The van der Waals surface area contributed by atoms with E-state index in [1.807, 2.05) is 42.5 Å². The maximum absolute atomic E-state index is 13.6. The number of methoxy groups -OCH3 is 2. The molecular formula is C30H23ClFNO5. The van der Waals surface area contributed by atoms with Gasteiger partial charge in [-0.1, -0.05) is 66.2 Å². The van der Waals surface area contributed by atoms with Gasteiger partial charge < -0.3 is 19.5 Å². The molecule has 0 aliphatic carbocycles. The Kier molecular flexibility index (Phi) is 6.78. The van der Waals surface area contributed by atoms with Gasteiger partial charge in [0.15, 0.2) is 0 Å². The minimum Gasteiger partial charge on any atom is -0.507 e. The summed E-state index contributed by atoms with van der Waals surface area (Å²) in [5, 5.41) is 13.5. The Labute approximate surface area is 223 Å². The minimum atomic E-state index is -0.934. The molecule has 1 unspecified atom stereocenters. The van der Waals surface area contributed by atoms with Crippen LogP contribution in [0.25, 0.3) is 16.5 Å². The van der Waals surface area contributed by atoms with Crippen molar-refractivity contribution in [3.05, 3.63) is 112 Å². The van der Waals surface area contributed by atoms with Crippen LogP contribution in [0.3, 0.4) is 0 Å². The van der Waals surface area contributed by atoms with Crippen molar-refractivity contribution in [2.75, 3.05) is 14.2 Å². The minimum absolute atomic E-state index is 0.0238. The number of amides is 1. The predicted octanol–water partition coefficient (Wildman–Crippen LogP) is 6.27. The lowest BCUT2D eigenvalue weighted by Gasteiger charge is -2.26. The van der Waals surface area contributed by atoms with Crippen LogP contribution in [-0.2, 0) is 16.1 Å². The normalized spacial score (nSPS) is 16.7. The zero-order valence-electron chi connectivity index (χ0n) is 20.6. The molecule has 0 radical (unpaired) electrons. The van der Waals surface area contributed by atoms with Gasteiger partial charge in [-0.2, -0.15) is 0 Å². The molecule has 4 aromatic carbocycles. The number of aliphatic hydroxyl groups excluding tert-OH is 1. The highest BCUT2D eigenvalue weighted by molar-refractivity contribution is 6.46. The van der Waals surface area contributed by atoms with Crippen LogP contribution in [0.4, 0.5) is 4.39 Å². The van der Waals surface area contributed by atoms with Crippen molar-refractivity contribution in [2.24, 2.45) is 0 Å². The molecule has 1 fully saturated rings. The van der Waals surface area contributed by atoms with Crippen LogP contribution in [0, 0.1) is 5.82 Å². The molecule has 0 saturated carbocycles. The van der Waals surface area contributed by atoms with Crippen molar-refractivity contribution >= 4 is 39.8 Å². The Bertz CT molecular complexity index is 1590. The summed E-state index contributed by atoms with van der Waals surface area (Å²) in [7, 11) is 2.86. The van der Waals surface area contributed by atoms with Crippen molar-refractivity contribution in [1.29, 1.82) is 0 Å². The molecule has 192 valence electrons. The predicted molar refractivity (Wildman–Crippen MR) is 143 cm³/mol. The van der Waals surface area contributed by atoms with Crippen LogP contribution in [0.15, 0.2) is 84.4 Å². The van der Waals surface area contributed by atoms with Crippen LogP contribution in [0.1, 0.15) is 22.7 Å². The van der Waals surface area contributed by atoms with Crippen molar-refractivity contribution in [1.82, 2.24) is 4.90 Å². The molecule has 8 heteroatoms. The number of rotatable bonds is 6. The summed E-state index contributed by atoms with van der Waals surface area (Å²) in [5.41, 5.74) is 1.32. The van der Waals surface area contributed by atoms with Gasteiger partial charge in [0, 0.05) is 12.6 Å². The molecule has 5 rings (SSSR count). The van der Waals surface area contributed by atoms with E-state index in [1.54, 1.807) is 12.1 Å². The zero-order valence-corrected chi connectivity index (χ0v) is 21.3. The number of hydrogen-bond donors (Lipinski definition) is 1. The van der Waals surface area contributed by atoms with Crippen molar-refractivity contribution in [3.63, 3.8) is 0 Å². The fraction of sp³-hybridized carbons (Fsp3) is 0.133. The smallest absolute Gasteiger partial charge is 0.295 e. The van der Waals surface area contributed by atoms with E-state index in [-0.39, 0.29) is 28.5 Å². The van der Waals surface area contributed by atoms with Crippen LogP contribution in [-0.4, -0.2) is 35.9 Å². The zero-order chi connectivity index (χ0) is 27.0. The molecule has 1 saturated heterocycles. The highest BCUT2D eigenvalue weighted by Gasteiger charge is 2.46. The number of Topliss-reactive ketones (excluding diaryl/α,β-unsaturated/α-hetero) is 1. The van der Waals surface area contributed by atoms with Gasteiger partial charge in [0.05, 0.1) is 36.4 Å². The summed E-state index contributed by atoms with van der Waals surface area (Å²) in [6.45, 7) is 0.0238. The summed E-state index contributed by atoms with van der Waals surface area (Å²) < 4.78 is 24.3. The second-order valence-corrected chi connectivity index (χ2v) is 9.22. The van der Waals surface area contributed by atoms with Gasteiger partial charge >= 0.3 is 0 Å². The lowest BCUT2D eigenvalue weighted by atomic mass is 9.91. The lowest BCUT2D eigenvalue weighted by Crippen LogP contribution is -2.29. The standard InChI is InChI=1S/C30H23ClFNO5/c1-37-24-15-25(38-2)23(31)14-22(24)28(34)26-27(21-9-5-7-18-6-3-4-8-20(18)21)33(30(36)29(26)35)16-17-10-12-19(32)13-11-17/h3-15,27,34H,16H2,1-2H3/b28-26+. The molecule has 0 spiro atoms. The number of aliphatic hydroxyl groups is 1. The SMILES string of the molecule is COc1cc(OC)c(/C(O)=C2\C(=O)C(=O)N(Cc3ccc(F)cc3)C2c2cccc3ccccc23)cc1Cl. The quantitative estimate of drug-likeness (QED) is 0.180. The number of ether oxygens (including phenoxy) is 2. The first-order valence-electron chi connectivity index (χ1n) is 11.8. The second-order valence-electron chi connectivity index (χ2n) is 8.81. The molecule has 1 aliphatic rings. The Hall–Kier alpha value is -4.36. The van der Waals surface area contributed by atoms with Gasteiger partial charge in [-0.15, -0.1) is 0 Å². The first-order valence-corrected chi connectivity index (χ1v) is 12.1. The molecule has 4 aromatic rings. The third-order valence-electron chi connectivity index (χ3n) is 6.65. The Morgan fingerprint density at radius 1 is 0.947 bits per heavy atom. The van der Waals surface area contributed by atoms with Crippen molar-refractivity contribution < 1.29 is 28.6 Å². The monoisotopic (exact) mass is 531 g/mol. The van der Waals surface area contributed by atoms with Crippen molar-refractivity contribution in [2.45, 2.75) is 12.6 Å². The van der Waals surface area contributed by atoms with E-state index in [4.69, 9.17) is 21.1 Å². The summed E-state index contributed by atoms with van der Waals surface area (Å²) >= 11 is 6.35. The number of hydrogen-bond acceptors (Lipinski definition) is 5. The van der Waals surface area contributed by atoms with E-state index < -0.39 is 29.3 Å². The van der Waals surface area contributed by atoms with E-state index >= 15 is 0 Å². The number of likely N-dealkylation sites (tertiary alicyclic amines) is 1. The first kappa shape index (κ1) is 25.3. The molecule has 6 nitrogen and oxygen atoms in total. The molecule has 1 amide bonds. The average Bonchev–Trinajstić information content (AvgIpc) is 3.18.